The molecule has 0 bridgehead atoms. The molecule has 21 nitrogen and oxygen atoms in total. The normalized spacial score (nSPS) is 37.8. The number of nitrogen functional groups attached to an aromatic ring is 1. The van der Waals surface area contributed by atoms with Gasteiger partial charge in [-0.05, 0) is 97.7 Å². The van der Waals surface area contributed by atoms with Crippen LogP contribution in [0.15, 0.2) is 11.0 Å². The second-order valence-electron chi connectivity index (χ2n) is 17.6. The van der Waals surface area contributed by atoms with E-state index in [9.17, 15) is 58.4 Å². The molecule has 1 aromatic heterocycles. The largest absolute Gasteiger partial charge is 1.00 e. The fourth-order valence-corrected chi connectivity index (χ4v) is 14.2. The van der Waals surface area contributed by atoms with E-state index in [1.165, 1.54) is 6.20 Å². The molecular weight excluding hydrogens is 922 g/mol. The quantitative estimate of drug-likeness (QED) is 0.0548. The van der Waals surface area contributed by atoms with Crippen LogP contribution in [-0.4, -0.2) is 84.4 Å². The SMILES string of the molecule is C[C@H](CCC(=O)NCC#Cc1cn([C@H]2C[C@H](O)[C@@H](COP(=O)([O-])OP(=O)([O-])OP(=O)([O-])O)O2)c(=O)nc1N)[C@H]1CC[C@H]2[C@@H]3[C@H](O)C[C@@H]4C[C@H](O)CC[C@]4(C)[C@H]3C[C@H](O)[C@]12C.[Na+].[Na+].[Na+]. The second-order valence-corrected chi connectivity index (χ2v) is 21.9. The molecular formula is C36H54N4Na3O17P3. The minimum atomic E-state index is -6.14. The van der Waals surface area contributed by atoms with E-state index in [2.05, 4.69) is 56.1 Å². The monoisotopic (exact) mass is 976 g/mol. The zero-order chi connectivity index (χ0) is 44.2. The Balaban J connectivity index is 0.00000352. The van der Waals surface area contributed by atoms with Crippen molar-refractivity contribution in [3.8, 4) is 11.8 Å². The van der Waals surface area contributed by atoms with E-state index in [1.54, 1.807) is 0 Å². The average Bonchev–Trinajstić information content (AvgIpc) is 3.68. The molecule has 1 amide bonds. The maximum atomic E-state index is 12.9. The van der Waals surface area contributed by atoms with Crippen molar-refractivity contribution in [3.05, 3.63) is 22.2 Å². The molecule has 4 aliphatic carbocycles. The Morgan fingerprint density at radius 3 is 2.37 bits per heavy atom. The van der Waals surface area contributed by atoms with Crippen molar-refractivity contribution in [1.82, 2.24) is 14.9 Å². The molecule has 0 radical (unpaired) electrons. The first-order chi connectivity index (χ1) is 27.8. The van der Waals surface area contributed by atoms with Gasteiger partial charge in [0.15, 0.2) is 0 Å². The number of rotatable bonds is 13. The molecule has 8 N–H and O–H groups in total. The number of aliphatic hydroxyl groups is 4. The molecule has 4 saturated carbocycles. The zero-order valence-corrected chi connectivity index (χ0v) is 45.1. The second kappa shape index (κ2) is 22.8. The molecule has 0 aromatic carbocycles. The van der Waals surface area contributed by atoms with E-state index < -0.39 is 71.8 Å². The molecule has 338 valence electrons. The number of hydrogen-bond donors (Lipinski definition) is 7. The first kappa shape index (κ1) is 58.2. The summed E-state index contributed by atoms with van der Waals surface area (Å²) in [7, 11) is -17.9. The minimum absolute atomic E-state index is 0. The maximum absolute atomic E-state index is 12.9. The minimum Gasteiger partial charge on any atom is -0.756 e. The van der Waals surface area contributed by atoms with Crippen LogP contribution in [-0.2, 0) is 36.4 Å². The molecule has 5 aliphatic rings. The molecule has 17 atom stereocenters. The van der Waals surface area contributed by atoms with Gasteiger partial charge in [-0.3, -0.25) is 23.1 Å². The van der Waals surface area contributed by atoms with Crippen molar-refractivity contribution in [2.24, 2.45) is 46.3 Å². The summed E-state index contributed by atoms with van der Waals surface area (Å²) < 4.78 is 51.6. The number of amides is 1. The molecule has 1 saturated heterocycles. The molecule has 27 heteroatoms. The first-order valence-corrected chi connectivity index (χ1v) is 24.5. The molecule has 1 aliphatic heterocycles. The van der Waals surface area contributed by atoms with Crippen LogP contribution >= 0.6 is 23.5 Å². The van der Waals surface area contributed by atoms with Crippen LogP contribution in [0.25, 0.3) is 0 Å². The van der Waals surface area contributed by atoms with Gasteiger partial charge in [0.2, 0.25) is 5.91 Å². The van der Waals surface area contributed by atoms with Gasteiger partial charge in [0.05, 0.1) is 43.1 Å². The Kier molecular flexibility index (Phi) is 21.1. The van der Waals surface area contributed by atoms with Crippen LogP contribution in [0.4, 0.5) is 5.82 Å². The molecule has 3 unspecified atom stereocenters. The van der Waals surface area contributed by atoms with Crippen molar-refractivity contribution < 1.29 is 165 Å². The number of ether oxygens (including phenoxy) is 1. The smallest absolute Gasteiger partial charge is 0.756 e. The number of nitrogens with two attached hydrogens (primary N) is 1. The summed E-state index contributed by atoms with van der Waals surface area (Å²) in [4.78, 5) is 71.8. The number of fused-ring (bicyclic) bond motifs is 5. The Bertz CT molecular complexity index is 2060. The van der Waals surface area contributed by atoms with Crippen molar-refractivity contribution in [2.75, 3.05) is 18.9 Å². The average molecular weight is 977 g/mol. The number of carbonyl (C=O) groups excluding carboxylic acids is 1. The van der Waals surface area contributed by atoms with E-state index >= 15 is 0 Å². The van der Waals surface area contributed by atoms with Gasteiger partial charge in [0.25, 0.3) is 23.5 Å². The molecule has 63 heavy (non-hydrogen) atoms. The van der Waals surface area contributed by atoms with Crippen molar-refractivity contribution >= 4 is 35.2 Å². The summed E-state index contributed by atoms with van der Waals surface area (Å²) in [6.45, 7) is 5.47. The van der Waals surface area contributed by atoms with E-state index in [-0.39, 0.29) is 172 Å². The zero-order valence-electron chi connectivity index (χ0n) is 36.4. The summed E-state index contributed by atoms with van der Waals surface area (Å²) in [5, 5.41) is 46.9. The van der Waals surface area contributed by atoms with Crippen LogP contribution < -0.4 is 120 Å². The van der Waals surface area contributed by atoms with Gasteiger partial charge < -0.3 is 60.3 Å². The summed E-state index contributed by atoms with van der Waals surface area (Å²) in [5.41, 5.74) is 4.63. The summed E-state index contributed by atoms with van der Waals surface area (Å²) in [5.74, 6) is 5.98. The van der Waals surface area contributed by atoms with Crippen molar-refractivity contribution in [2.45, 2.75) is 122 Å². The summed E-state index contributed by atoms with van der Waals surface area (Å²) in [6.07, 6.45) is 1.64. The molecule has 6 rings (SSSR count). The number of nitrogens with one attached hydrogen (secondary N) is 1. The third-order valence-electron chi connectivity index (χ3n) is 14.2. The van der Waals surface area contributed by atoms with Gasteiger partial charge in [0.1, 0.15) is 18.1 Å². The Morgan fingerprint density at radius 2 is 1.70 bits per heavy atom. The van der Waals surface area contributed by atoms with Crippen LogP contribution in [0.5, 0.6) is 0 Å². The third-order valence-corrected chi connectivity index (χ3v) is 17.9. The summed E-state index contributed by atoms with van der Waals surface area (Å²) >= 11 is 0. The van der Waals surface area contributed by atoms with E-state index in [1.807, 2.05) is 0 Å². The van der Waals surface area contributed by atoms with Crippen molar-refractivity contribution in [1.29, 1.82) is 0 Å². The van der Waals surface area contributed by atoms with Gasteiger partial charge >= 0.3 is 94.4 Å². The number of aromatic nitrogens is 2. The molecule has 1 aromatic rings. The van der Waals surface area contributed by atoms with Crippen LogP contribution in [0.3, 0.4) is 0 Å². The van der Waals surface area contributed by atoms with Gasteiger partial charge in [0, 0.05) is 19.0 Å². The number of carbonyl (C=O) groups is 1. The van der Waals surface area contributed by atoms with Gasteiger partial charge in [-0.2, -0.15) is 4.98 Å². The maximum Gasteiger partial charge on any atom is 1.00 e. The Morgan fingerprint density at radius 1 is 1.02 bits per heavy atom. The van der Waals surface area contributed by atoms with Gasteiger partial charge in [-0.1, -0.05) is 32.6 Å². The van der Waals surface area contributed by atoms with Gasteiger partial charge in [-0.15, -0.1) is 0 Å². The predicted octanol–water partition coefficient (Wildman–Crippen LogP) is -9.22. The first-order valence-electron chi connectivity index (χ1n) is 20.1. The number of phosphoric acid groups is 3. The molecule has 2 heterocycles. The van der Waals surface area contributed by atoms with E-state index in [0.29, 0.717) is 25.7 Å². The van der Waals surface area contributed by atoms with E-state index in [4.69, 9.17) is 15.4 Å². The van der Waals surface area contributed by atoms with Crippen LogP contribution in [0, 0.1) is 58.2 Å². The number of nitrogens with zero attached hydrogens (tertiary/aromatic N) is 2. The van der Waals surface area contributed by atoms with Crippen LogP contribution in [0.2, 0.25) is 0 Å². The fraction of sp³-hybridized carbons (Fsp3) is 0.806. The standard InChI is InChI=1S/C36H57N4O17P3.3Na/c1-19(23-7-8-24-32-25(15-29(44)36(23,24)3)35(2)11-10-22(41)13-21(35)14-27(32)43)6-9-30(45)38-12-4-5-20-17-40(34(46)39-33(20)37)31-16-26(42)28(55-31)18-54-59(50,51)57-60(52,53)56-58(47,48)49;;;/h17,19,21-29,31-32,41-44H,6-16,18H2,1-3H3,(H,38,45)(H,50,51)(H,52,53)(H2,37,39,46)(H2,47,48,49);;;/q;3*+1/p-3/t19-,21+,22-,23-,24+,25+,26+,27-,28-,29+,31-,32+,35+,36-;;;/m1.../s1. The predicted molar refractivity (Wildman–Crippen MR) is 203 cm³/mol. The summed E-state index contributed by atoms with van der Waals surface area (Å²) in [6, 6.07) is 0. The van der Waals surface area contributed by atoms with Crippen molar-refractivity contribution in [3.63, 3.8) is 0 Å². The van der Waals surface area contributed by atoms with Gasteiger partial charge in [-0.25, -0.2) is 13.4 Å². The fourth-order valence-electron chi connectivity index (χ4n) is 11.3. The number of anilines is 1. The molecule has 0 spiro atoms. The number of phosphoric ester groups is 1. The number of hydrogen-bond acceptors (Lipinski definition) is 18. The topological polar surface area (TPSA) is 348 Å². The Labute approximate surface area is 432 Å². The third kappa shape index (κ3) is 13.4. The molecule has 5 fully saturated rings. The Hall–Kier alpha value is 0.920. The van der Waals surface area contributed by atoms with E-state index in [0.717, 1.165) is 30.3 Å². The van der Waals surface area contributed by atoms with Crippen LogP contribution in [0.1, 0.15) is 96.8 Å². The number of aliphatic hydroxyl groups excluding tert-OH is 4.